The van der Waals surface area contributed by atoms with E-state index in [0.29, 0.717) is 42.2 Å². The normalized spacial score (nSPS) is 15.1. The first kappa shape index (κ1) is 24.2. The molecule has 1 aromatic carbocycles. The minimum Gasteiger partial charge on any atom is -0.339 e. The molecule has 0 spiro atoms. The number of sulfonamides is 1. The molecule has 10 heteroatoms. The largest absolute Gasteiger partial charge is 0.339 e. The molecule has 0 bridgehead atoms. The Morgan fingerprint density at radius 3 is 2.38 bits per heavy atom. The number of thiophene rings is 1. The van der Waals surface area contributed by atoms with Crippen LogP contribution < -0.4 is 10.0 Å². The van der Waals surface area contributed by atoms with Gasteiger partial charge in [-0.25, -0.2) is 17.9 Å². The van der Waals surface area contributed by atoms with E-state index in [0.717, 1.165) is 5.56 Å². The fraction of sp³-hybridized carbons (Fsp3) is 0.455. The minimum absolute atomic E-state index is 0.0341. The second-order valence-electron chi connectivity index (χ2n) is 8.18. The SMILES string of the molecule is CC(C)N(C)C(=O)c1ccc(CNC(=O)N2CCC(NS(=O)(=O)c3cccs3)CC2)cc1. The number of hydrogen-bond donors (Lipinski definition) is 2. The number of nitrogens with zero attached hydrogens (tertiary/aromatic N) is 2. The Morgan fingerprint density at radius 1 is 1.16 bits per heavy atom. The maximum absolute atomic E-state index is 12.5. The number of piperidine rings is 1. The summed E-state index contributed by atoms with van der Waals surface area (Å²) in [5.41, 5.74) is 1.52. The molecule has 8 nitrogen and oxygen atoms in total. The van der Waals surface area contributed by atoms with E-state index in [4.69, 9.17) is 0 Å². The van der Waals surface area contributed by atoms with Gasteiger partial charge in [-0.15, -0.1) is 11.3 Å². The number of likely N-dealkylation sites (tertiary alicyclic amines) is 1. The van der Waals surface area contributed by atoms with Crippen LogP contribution in [0.1, 0.15) is 42.6 Å². The average molecular weight is 479 g/mol. The second-order valence-corrected chi connectivity index (χ2v) is 11.1. The van der Waals surface area contributed by atoms with Gasteiger partial charge in [0.25, 0.3) is 5.91 Å². The lowest BCUT2D eigenvalue weighted by molar-refractivity contribution is 0.0755. The average Bonchev–Trinajstić information content (AvgIpc) is 3.33. The highest BCUT2D eigenvalue weighted by molar-refractivity contribution is 7.91. The van der Waals surface area contributed by atoms with Crippen molar-refractivity contribution in [3.8, 4) is 0 Å². The summed E-state index contributed by atoms with van der Waals surface area (Å²) in [6.07, 6.45) is 1.14. The molecule has 2 N–H and O–H groups in total. The van der Waals surface area contributed by atoms with Crippen LogP contribution in [0.2, 0.25) is 0 Å². The van der Waals surface area contributed by atoms with Crippen LogP contribution in [0.5, 0.6) is 0 Å². The van der Waals surface area contributed by atoms with Crippen molar-refractivity contribution in [1.29, 1.82) is 0 Å². The molecule has 1 aliphatic rings. The summed E-state index contributed by atoms with van der Waals surface area (Å²) < 4.78 is 27.8. The zero-order valence-electron chi connectivity index (χ0n) is 18.6. The molecule has 3 amide bonds. The first-order valence-electron chi connectivity index (χ1n) is 10.6. The Hall–Kier alpha value is -2.43. The molecule has 0 unspecified atom stereocenters. The maximum Gasteiger partial charge on any atom is 0.317 e. The van der Waals surface area contributed by atoms with E-state index < -0.39 is 10.0 Å². The smallest absolute Gasteiger partial charge is 0.317 e. The van der Waals surface area contributed by atoms with E-state index in [-0.39, 0.29) is 24.0 Å². The lowest BCUT2D eigenvalue weighted by atomic mass is 10.1. The van der Waals surface area contributed by atoms with E-state index in [1.54, 1.807) is 46.5 Å². The quantitative estimate of drug-likeness (QED) is 0.639. The molecule has 2 heterocycles. The van der Waals surface area contributed by atoms with Gasteiger partial charge >= 0.3 is 6.03 Å². The van der Waals surface area contributed by atoms with Crippen molar-refractivity contribution in [3.05, 3.63) is 52.9 Å². The van der Waals surface area contributed by atoms with Gasteiger partial charge in [-0.1, -0.05) is 18.2 Å². The molecular formula is C22H30N4O4S2. The number of benzene rings is 1. The van der Waals surface area contributed by atoms with Crippen molar-refractivity contribution in [2.75, 3.05) is 20.1 Å². The number of amides is 3. The molecule has 1 saturated heterocycles. The summed E-state index contributed by atoms with van der Waals surface area (Å²) in [7, 11) is -1.72. The molecule has 174 valence electrons. The van der Waals surface area contributed by atoms with Gasteiger partial charge in [-0.05, 0) is 55.8 Å². The maximum atomic E-state index is 12.5. The van der Waals surface area contributed by atoms with Crippen LogP contribution >= 0.6 is 11.3 Å². The molecule has 0 aliphatic carbocycles. The molecule has 1 aromatic heterocycles. The lowest BCUT2D eigenvalue weighted by Crippen LogP contribution is -2.49. The van der Waals surface area contributed by atoms with E-state index in [2.05, 4.69) is 10.0 Å². The van der Waals surface area contributed by atoms with Crippen molar-refractivity contribution in [2.45, 2.75) is 49.5 Å². The first-order valence-corrected chi connectivity index (χ1v) is 13.0. The van der Waals surface area contributed by atoms with E-state index >= 15 is 0 Å². The Bertz CT molecular complexity index is 1010. The van der Waals surface area contributed by atoms with E-state index in [1.165, 1.54) is 11.3 Å². The van der Waals surface area contributed by atoms with Crippen molar-refractivity contribution < 1.29 is 18.0 Å². The standard InChI is InChI=1S/C22H30N4O4S2/c1-16(2)25(3)21(27)18-8-6-17(7-9-18)15-23-22(28)26-12-10-19(11-13-26)24-32(29,30)20-5-4-14-31-20/h4-9,14,16,19,24H,10-13,15H2,1-3H3,(H,23,28). The van der Waals surface area contributed by atoms with Crippen molar-refractivity contribution in [2.24, 2.45) is 0 Å². The van der Waals surface area contributed by atoms with E-state index in [1.807, 2.05) is 26.0 Å². The van der Waals surface area contributed by atoms with Gasteiger partial charge in [0.15, 0.2) is 0 Å². The Balaban J connectivity index is 1.45. The third-order valence-electron chi connectivity index (χ3n) is 5.60. The summed E-state index contributed by atoms with van der Waals surface area (Å²) in [6, 6.07) is 10.3. The van der Waals surface area contributed by atoms with Gasteiger partial charge in [0, 0.05) is 44.3 Å². The number of hydrogen-bond acceptors (Lipinski definition) is 5. The monoisotopic (exact) mass is 478 g/mol. The third-order valence-corrected chi connectivity index (χ3v) is 8.52. The van der Waals surface area contributed by atoms with Crippen molar-refractivity contribution >= 4 is 33.3 Å². The molecular weight excluding hydrogens is 448 g/mol. The number of urea groups is 1. The molecule has 32 heavy (non-hydrogen) atoms. The second kappa shape index (κ2) is 10.5. The van der Waals surface area contributed by atoms with Crippen LogP contribution in [0.15, 0.2) is 46.0 Å². The molecule has 1 aliphatic heterocycles. The van der Waals surface area contributed by atoms with Crippen LogP contribution in [-0.4, -0.2) is 62.4 Å². The number of carbonyl (C=O) groups is 2. The van der Waals surface area contributed by atoms with Crippen LogP contribution in [0.4, 0.5) is 4.79 Å². The van der Waals surface area contributed by atoms with Crippen molar-refractivity contribution in [3.63, 3.8) is 0 Å². The zero-order valence-corrected chi connectivity index (χ0v) is 20.2. The molecule has 3 rings (SSSR count). The van der Waals surface area contributed by atoms with Crippen LogP contribution in [-0.2, 0) is 16.6 Å². The lowest BCUT2D eigenvalue weighted by Gasteiger charge is -2.32. The molecule has 0 radical (unpaired) electrons. The number of nitrogens with one attached hydrogen (secondary N) is 2. The topological polar surface area (TPSA) is 98.8 Å². The van der Waals surface area contributed by atoms with Gasteiger partial charge in [0.2, 0.25) is 10.0 Å². The van der Waals surface area contributed by atoms with Gasteiger partial charge in [-0.2, -0.15) is 0 Å². The summed E-state index contributed by atoms with van der Waals surface area (Å²) in [6.45, 7) is 5.25. The summed E-state index contributed by atoms with van der Waals surface area (Å²) in [5.74, 6) is -0.0341. The Morgan fingerprint density at radius 2 is 1.81 bits per heavy atom. The predicted octanol–water partition coefficient (Wildman–Crippen LogP) is 2.88. The van der Waals surface area contributed by atoms with Gasteiger partial charge in [0.1, 0.15) is 4.21 Å². The Kier molecular flexibility index (Phi) is 7.91. The molecule has 0 saturated carbocycles. The molecule has 0 atom stereocenters. The highest BCUT2D eigenvalue weighted by Gasteiger charge is 2.27. The zero-order chi connectivity index (χ0) is 23.3. The number of rotatable bonds is 7. The van der Waals surface area contributed by atoms with E-state index in [9.17, 15) is 18.0 Å². The van der Waals surface area contributed by atoms with Crippen LogP contribution in [0.25, 0.3) is 0 Å². The summed E-state index contributed by atoms with van der Waals surface area (Å²) in [4.78, 5) is 28.2. The van der Waals surface area contributed by atoms with Crippen LogP contribution in [0, 0.1) is 0 Å². The molecule has 1 fully saturated rings. The van der Waals surface area contributed by atoms with Crippen molar-refractivity contribution in [1.82, 2.24) is 19.8 Å². The predicted molar refractivity (Wildman–Crippen MR) is 125 cm³/mol. The van der Waals surface area contributed by atoms with Crippen LogP contribution in [0.3, 0.4) is 0 Å². The highest BCUT2D eigenvalue weighted by atomic mass is 32.2. The fourth-order valence-corrected chi connectivity index (χ4v) is 5.70. The highest BCUT2D eigenvalue weighted by Crippen LogP contribution is 2.19. The summed E-state index contributed by atoms with van der Waals surface area (Å²) in [5, 5.41) is 4.63. The fourth-order valence-electron chi connectivity index (χ4n) is 3.39. The first-order chi connectivity index (χ1) is 15.2. The van der Waals surface area contributed by atoms with Gasteiger partial charge in [0.05, 0.1) is 0 Å². The van der Waals surface area contributed by atoms with Gasteiger partial charge in [-0.3, -0.25) is 4.79 Å². The third kappa shape index (κ3) is 6.08. The Labute approximate surface area is 193 Å². The van der Waals surface area contributed by atoms with Gasteiger partial charge < -0.3 is 15.1 Å². The minimum atomic E-state index is -3.50. The number of carbonyl (C=O) groups excluding carboxylic acids is 2. The summed E-state index contributed by atoms with van der Waals surface area (Å²) >= 11 is 1.19. The molecule has 2 aromatic rings.